The summed E-state index contributed by atoms with van der Waals surface area (Å²) < 4.78 is 12.9. The predicted octanol–water partition coefficient (Wildman–Crippen LogP) is 1.19. The van der Waals surface area contributed by atoms with Crippen LogP contribution >= 0.6 is 0 Å². The van der Waals surface area contributed by atoms with Crippen molar-refractivity contribution in [3.05, 3.63) is 36.5 Å². The van der Waals surface area contributed by atoms with E-state index in [4.69, 9.17) is 5.73 Å². The highest BCUT2D eigenvalue weighted by atomic mass is 19.1. The molecule has 0 saturated carbocycles. The lowest BCUT2D eigenvalue weighted by atomic mass is 10.0. The fraction of sp³-hybridized carbons (Fsp3) is 0.438. The molecule has 1 atom stereocenters. The van der Waals surface area contributed by atoms with E-state index < -0.39 is 5.91 Å². The highest BCUT2D eigenvalue weighted by Crippen LogP contribution is 2.17. The molecule has 1 radical (unpaired) electrons. The summed E-state index contributed by atoms with van der Waals surface area (Å²) in [5.74, 6) is -1.04. The fourth-order valence-electron chi connectivity index (χ4n) is 2.36. The Labute approximate surface area is 129 Å². The largest absolute Gasteiger partial charge is 0.369 e. The van der Waals surface area contributed by atoms with Gasteiger partial charge in [-0.15, -0.1) is 0 Å². The molecule has 1 heterocycles. The Bertz CT molecular complexity index is 525. The number of carbonyl (C=O) groups is 2. The van der Waals surface area contributed by atoms with Gasteiger partial charge in [0.25, 0.3) is 0 Å². The molecule has 2 rings (SSSR count). The van der Waals surface area contributed by atoms with Crippen molar-refractivity contribution in [3.8, 4) is 0 Å². The van der Waals surface area contributed by atoms with E-state index in [0.717, 1.165) is 5.69 Å². The lowest BCUT2D eigenvalue weighted by Crippen LogP contribution is -2.49. The van der Waals surface area contributed by atoms with Gasteiger partial charge in [0.2, 0.25) is 11.8 Å². The average molecular weight is 306 g/mol. The monoisotopic (exact) mass is 306 g/mol. The van der Waals surface area contributed by atoms with E-state index >= 15 is 0 Å². The number of benzene rings is 1. The average Bonchev–Trinajstić information content (AvgIpc) is 2.53. The van der Waals surface area contributed by atoms with Crippen LogP contribution in [-0.4, -0.2) is 42.9 Å². The molecule has 0 aliphatic carbocycles. The summed E-state index contributed by atoms with van der Waals surface area (Å²) in [7, 11) is 0. The Morgan fingerprint density at radius 3 is 2.36 bits per heavy atom. The summed E-state index contributed by atoms with van der Waals surface area (Å²) >= 11 is 0. The zero-order valence-corrected chi connectivity index (χ0v) is 12.7. The zero-order valence-electron chi connectivity index (χ0n) is 12.7. The molecule has 5 nitrogen and oxygen atoms in total. The van der Waals surface area contributed by atoms with E-state index in [1.54, 1.807) is 24.0 Å². The summed E-state index contributed by atoms with van der Waals surface area (Å²) in [5, 5.41) is 0. The van der Waals surface area contributed by atoms with Crippen LogP contribution in [-0.2, 0) is 9.59 Å². The van der Waals surface area contributed by atoms with E-state index in [1.165, 1.54) is 18.6 Å². The van der Waals surface area contributed by atoms with Gasteiger partial charge in [-0.25, -0.2) is 4.39 Å². The van der Waals surface area contributed by atoms with Crippen molar-refractivity contribution in [3.63, 3.8) is 0 Å². The lowest BCUT2D eigenvalue weighted by Gasteiger charge is -2.36. The molecule has 1 aromatic carbocycles. The number of nitrogens with zero attached hydrogens (tertiary/aromatic N) is 2. The van der Waals surface area contributed by atoms with Gasteiger partial charge in [0.1, 0.15) is 5.82 Å². The quantitative estimate of drug-likeness (QED) is 0.888. The van der Waals surface area contributed by atoms with Gasteiger partial charge in [-0.3, -0.25) is 9.59 Å². The SMILES string of the molecule is C[C@@H](C[CH]C(=O)N1CCN(c2ccc(F)cc2)CC1)C(N)=O. The molecule has 6 heteroatoms. The summed E-state index contributed by atoms with van der Waals surface area (Å²) in [4.78, 5) is 26.9. The maximum absolute atomic E-state index is 12.9. The minimum absolute atomic E-state index is 0.0631. The van der Waals surface area contributed by atoms with Gasteiger partial charge in [-0.2, -0.15) is 0 Å². The van der Waals surface area contributed by atoms with E-state index in [1.807, 2.05) is 0 Å². The maximum Gasteiger partial charge on any atom is 0.226 e. The molecule has 1 fully saturated rings. The molecular formula is C16H21FN3O2. The number of hydrogen-bond acceptors (Lipinski definition) is 3. The van der Waals surface area contributed by atoms with Gasteiger partial charge in [-0.1, -0.05) is 6.92 Å². The fourth-order valence-corrected chi connectivity index (χ4v) is 2.36. The van der Waals surface area contributed by atoms with Gasteiger partial charge in [0.15, 0.2) is 0 Å². The van der Waals surface area contributed by atoms with Crippen molar-refractivity contribution < 1.29 is 14.0 Å². The van der Waals surface area contributed by atoms with Crippen LogP contribution in [0.3, 0.4) is 0 Å². The number of carbonyl (C=O) groups excluding carboxylic acids is 2. The molecule has 1 aromatic rings. The Morgan fingerprint density at radius 1 is 1.23 bits per heavy atom. The standard InChI is InChI=1S/C16H21FN3O2/c1-12(16(18)22)2-7-15(21)20-10-8-19(9-11-20)14-5-3-13(17)4-6-14/h3-7,12H,2,8-11H2,1H3,(H2,18,22)/t12-/m0/s1. The molecule has 0 spiro atoms. The molecular weight excluding hydrogens is 285 g/mol. The van der Waals surface area contributed by atoms with Crippen molar-refractivity contribution in [2.45, 2.75) is 13.3 Å². The summed E-state index contributed by atoms with van der Waals surface area (Å²) in [6.07, 6.45) is 1.90. The third-order valence-corrected chi connectivity index (χ3v) is 3.91. The minimum Gasteiger partial charge on any atom is -0.369 e. The first-order valence-corrected chi connectivity index (χ1v) is 7.39. The van der Waals surface area contributed by atoms with Crippen LogP contribution in [0.25, 0.3) is 0 Å². The van der Waals surface area contributed by atoms with Crippen LogP contribution in [0.4, 0.5) is 10.1 Å². The number of hydrogen-bond donors (Lipinski definition) is 1. The van der Waals surface area contributed by atoms with E-state index in [0.29, 0.717) is 32.6 Å². The highest BCUT2D eigenvalue weighted by molar-refractivity contribution is 5.86. The first-order valence-electron chi connectivity index (χ1n) is 7.39. The smallest absolute Gasteiger partial charge is 0.226 e. The topological polar surface area (TPSA) is 66.6 Å². The third kappa shape index (κ3) is 4.19. The summed E-state index contributed by atoms with van der Waals surface area (Å²) in [6, 6.07) is 6.36. The lowest BCUT2D eigenvalue weighted by molar-refractivity contribution is -0.128. The first kappa shape index (κ1) is 16.3. The molecule has 0 aromatic heterocycles. The van der Waals surface area contributed by atoms with Crippen molar-refractivity contribution in [1.29, 1.82) is 0 Å². The number of primary amides is 1. The molecule has 2 amide bonds. The second-order valence-corrected chi connectivity index (χ2v) is 5.53. The summed E-state index contributed by atoms with van der Waals surface area (Å²) in [6.45, 7) is 4.33. The molecule has 1 aliphatic rings. The normalized spacial score (nSPS) is 16.5. The third-order valence-electron chi connectivity index (χ3n) is 3.91. The summed E-state index contributed by atoms with van der Waals surface area (Å²) in [5.41, 5.74) is 6.13. The predicted molar refractivity (Wildman–Crippen MR) is 82.5 cm³/mol. The van der Waals surface area contributed by atoms with Gasteiger partial charge in [0, 0.05) is 37.8 Å². The molecule has 119 valence electrons. The molecule has 0 bridgehead atoms. The maximum atomic E-state index is 12.9. The molecule has 1 aliphatic heterocycles. The van der Waals surface area contributed by atoms with E-state index in [-0.39, 0.29) is 17.6 Å². The van der Waals surface area contributed by atoms with Crippen LogP contribution in [0.1, 0.15) is 13.3 Å². The van der Waals surface area contributed by atoms with Crippen molar-refractivity contribution in [2.75, 3.05) is 31.1 Å². The van der Waals surface area contributed by atoms with Crippen LogP contribution in [0.5, 0.6) is 0 Å². The number of amides is 2. The Balaban J connectivity index is 1.80. The second-order valence-electron chi connectivity index (χ2n) is 5.53. The van der Waals surface area contributed by atoms with Crippen molar-refractivity contribution >= 4 is 17.5 Å². The van der Waals surface area contributed by atoms with Gasteiger partial charge < -0.3 is 15.5 Å². The van der Waals surface area contributed by atoms with Crippen LogP contribution in [0, 0.1) is 18.2 Å². The first-order chi connectivity index (χ1) is 10.5. The molecule has 22 heavy (non-hydrogen) atoms. The Hall–Kier alpha value is -2.11. The number of rotatable bonds is 5. The number of halogens is 1. The number of piperazine rings is 1. The Morgan fingerprint density at radius 2 is 1.82 bits per heavy atom. The van der Waals surface area contributed by atoms with Crippen LogP contribution in [0.2, 0.25) is 0 Å². The van der Waals surface area contributed by atoms with E-state index in [9.17, 15) is 14.0 Å². The molecule has 2 N–H and O–H groups in total. The Kier molecular flexibility index (Phi) is 5.35. The van der Waals surface area contributed by atoms with Gasteiger partial charge >= 0.3 is 0 Å². The molecule has 0 unspecified atom stereocenters. The van der Waals surface area contributed by atoms with Crippen molar-refractivity contribution in [1.82, 2.24) is 4.90 Å². The zero-order chi connectivity index (χ0) is 16.1. The van der Waals surface area contributed by atoms with Crippen LogP contribution in [0.15, 0.2) is 24.3 Å². The van der Waals surface area contributed by atoms with E-state index in [2.05, 4.69) is 4.90 Å². The highest BCUT2D eigenvalue weighted by Gasteiger charge is 2.22. The van der Waals surface area contributed by atoms with Crippen LogP contribution < -0.4 is 10.6 Å². The van der Waals surface area contributed by atoms with Gasteiger partial charge in [-0.05, 0) is 30.7 Å². The number of anilines is 1. The number of nitrogens with two attached hydrogens (primary N) is 1. The van der Waals surface area contributed by atoms with Crippen molar-refractivity contribution in [2.24, 2.45) is 11.7 Å². The van der Waals surface area contributed by atoms with Gasteiger partial charge in [0.05, 0.1) is 6.42 Å². The second kappa shape index (κ2) is 7.24. The molecule has 1 saturated heterocycles. The minimum atomic E-state index is -0.398.